The molecule has 9 heteroatoms. The Kier molecular flexibility index (Phi) is 10.5. The Hall–Kier alpha value is -4.01. The van der Waals surface area contributed by atoms with Gasteiger partial charge in [-0.05, 0) is 60.7 Å². The maximum absolute atomic E-state index is 13.7. The summed E-state index contributed by atoms with van der Waals surface area (Å²) >= 11 is 6.28. The molecule has 0 spiro atoms. The second-order valence-corrected chi connectivity index (χ2v) is 10.9. The molecule has 0 fully saturated rings. The fraction of sp³-hybridized carbons (Fsp3) is 0.333. The minimum Gasteiger partial charge on any atom is -0.342 e. The second-order valence-electron chi connectivity index (χ2n) is 10.5. The van der Waals surface area contributed by atoms with E-state index in [0.29, 0.717) is 29.1 Å². The normalized spacial score (nSPS) is 15.0. The van der Waals surface area contributed by atoms with E-state index in [0.717, 1.165) is 22.3 Å². The number of benzene rings is 3. The zero-order valence-electron chi connectivity index (χ0n) is 24.0. The number of nitrogens with two attached hydrogens (primary N) is 1. The van der Waals surface area contributed by atoms with Gasteiger partial charge in [-0.15, -0.1) is 0 Å². The summed E-state index contributed by atoms with van der Waals surface area (Å²) < 4.78 is 0. The largest absolute Gasteiger partial charge is 0.342 e. The lowest BCUT2D eigenvalue weighted by Gasteiger charge is -2.36. The van der Waals surface area contributed by atoms with Gasteiger partial charge < -0.3 is 21.3 Å². The van der Waals surface area contributed by atoms with Crippen LogP contribution in [0.15, 0.2) is 66.7 Å². The number of carbonyl (C=O) groups is 4. The van der Waals surface area contributed by atoms with Crippen LogP contribution in [0, 0.1) is 6.92 Å². The monoisotopic (exact) mass is 588 g/mol. The summed E-state index contributed by atoms with van der Waals surface area (Å²) in [5.74, 6) is -1.26. The first kappa shape index (κ1) is 30.9. The highest BCUT2D eigenvalue weighted by Crippen LogP contribution is 2.28. The quantitative estimate of drug-likeness (QED) is 0.283. The standard InChI is InChI=1S/C33H37ClN4O4/c1-3-25-21(2)26(34)13-14-27(25)36-32(41)28(17-18-35)37-33(42)29-19-23-11-7-8-12-24(23)20-38(29)31(40)16-15-30(39)22-9-5-4-6-10-22/h4-14,28-29H,3,15-20,35H2,1-2H3,(H,36,41)(H,37,42)/t28-,29-/m0/s1. The van der Waals surface area contributed by atoms with Crippen molar-refractivity contribution in [2.75, 3.05) is 11.9 Å². The first-order valence-corrected chi connectivity index (χ1v) is 14.6. The van der Waals surface area contributed by atoms with Crippen molar-refractivity contribution in [3.05, 3.63) is 99.6 Å². The molecule has 0 aliphatic carbocycles. The summed E-state index contributed by atoms with van der Waals surface area (Å²) in [6.07, 6.45) is 1.19. The molecule has 8 nitrogen and oxygen atoms in total. The first-order chi connectivity index (χ1) is 20.2. The number of rotatable bonds is 11. The number of nitrogens with zero attached hydrogens (tertiary/aromatic N) is 1. The van der Waals surface area contributed by atoms with Crippen LogP contribution in [0.5, 0.6) is 0 Å². The molecule has 3 amide bonds. The number of Topliss-reactive ketones (excluding diaryl/α,β-unsaturated/α-hetero) is 1. The van der Waals surface area contributed by atoms with E-state index in [1.54, 1.807) is 36.4 Å². The Morgan fingerprint density at radius 1 is 0.976 bits per heavy atom. The molecule has 0 radical (unpaired) electrons. The highest BCUT2D eigenvalue weighted by molar-refractivity contribution is 6.31. The molecule has 3 aromatic rings. The number of hydrogen-bond donors (Lipinski definition) is 3. The van der Waals surface area contributed by atoms with Gasteiger partial charge in [-0.3, -0.25) is 19.2 Å². The van der Waals surface area contributed by atoms with Crippen molar-refractivity contribution in [2.24, 2.45) is 5.73 Å². The lowest BCUT2D eigenvalue weighted by atomic mass is 9.92. The number of ketones is 1. The molecule has 1 aliphatic heterocycles. The molecule has 0 unspecified atom stereocenters. The first-order valence-electron chi connectivity index (χ1n) is 14.3. The number of fused-ring (bicyclic) bond motifs is 1. The Morgan fingerprint density at radius 2 is 1.67 bits per heavy atom. The molecule has 0 aromatic heterocycles. The van der Waals surface area contributed by atoms with Gasteiger partial charge in [0.1, 0.15) is 12.1 Å². The lowest BCUT2D eigenvalue weighted by molar-refractivity contribution is -0.142. The predicted octanol–water partition coefficient (Wildman–Crippen LogP) is 4.60. The third-order valence-electron chi connectivity index (χ3n) is 7.77. The van der Waals surface area contributed by atoms with Crippen molar-refractivity contribution in [1.29, 1.82) is 0 Å². The minimum absolute atomic E-state index is 0.0257. The second kappa shape index (κ2) is 14.2. The van der Waals surface area contributed by atoms with Gasteiger partial charge in [-0.1, -0.05) is 73.1 Å². The minimum atomic E-state index is -0.906. The lowest BCUT2D eigenvalue weighted by Crippen LogP contribution is -2.56. The topological polar surface area (TPSA) is 122 Å². The van der Waals surface area contributed by atoms with Crippen LogP contribution in [0.3, 0.4) is 0 Å². The number of anilines is 1. The third-order valence-corrected chi connectivity index (χ3v) is 8.17. The zero-order chi connectivity index (χ0) is 30.2. The third kappa shape index (κ3) is 7.24. The molecule has 4 rings (SSSR count). The van der Waals surface area contributed by atoms with Crippen LogP contribution in [0.2, 0.25) is 5.02 Å². The maximum atomic E-state index is 13.7. The summed E-state index contributed by atoms with van der Waals surface area (Å²) in [6.45, 7) is 4.30. The van der Waals surface area contributed by atoms with E-state index < -0.39 is 23.9 Å². The summed E-state index contributed by atoms with van der Waals surface area (Å²) in [5.41, 5.74) is 10.7. The van der Waals surface area contributed by atoms with Crippen LogP contribution in [-0.2, 0) is 33.8 Å². The number of nitrogens with one attached hydrogen (secondary N) is 2. The van der Waals surface area contributed by atoms with Crippen LogP contribution in [0.4, 0.5) is 5.69 Å². The summed E-state index contributed by atoms with van der Waals surface area (Å²) in [5, 5.41) is 6.41. The van der Waals surface area contributed by atoms with Crippen molar-refractivity contribution in [3.63, 3.8) is 0 Å². The molecule has 42 heavy (non-hydrogen) atoms. The van der Waals surface area contributed by atoms with E-state index >= 15 is 0 Å². The van der Waals surface area contributed by atoms with Crippen LogP contribution < -0.4 is 16.4 Å². The summed E-state index contributed by atoms with van der Waals surface area (Å²) in [6, 6.07) is 18.2. The zero-order valence-corrected chi connectivity index (χ0v) is 24.7. The van der Waals surface area contributed by atoms with Gasteiger partial charge in [0.15, 0.2) is 5.78 Å². The molecular formula is C33H37ClN4O4. The van der Waals surface area contributed by atoms with Crippen molar-refractivity contribution in [2.45, 2.75) is 64.6 Å². The molecule has 0 saturated carbocycles. The van der Waals surface area contributed by atoms with Gasteiger partial charge in [0.05, 0.1) is 0 Å². The van der Waals surface area contributed by atoms with Crippen molar-refractivity contribution in [1.82, 2.24) is 10.2 Å². The molecule has 4 N–H and O–H groups in total. The Bertz CT molecular complexity index is 1460. The van der Waals surface area contributed by atoms with E-state index in [1.165, 1.54) is 4.90 Å². The molecule has 0 saturated heterocycles. The molecule has 0 bridgehead atoms. The molecule has 1 aliphatic rings. The average molecular weight is 589 g/mol. The van der Waals surface area contributed by atoms with Crippen LogP contribution in [-0.4, -0.2) is 47.0 Å². The van der Waals surface area contributed by atoms with E-state index in [2.05, 4.69) is 10.6 Å². The van der Waals surface area contributed by atoms with E-state index in [-0.39, 0.29) is 44.0 Å². The highest BCUT2D eigenvalue weighted by atomic mass is 35.5. The van der Waals surface area contributed by atoms with Gasteiger partial charge in [-0.25, -0.2) is 0 Å². The number of halogens is 1. The molecule has 220 valence electrons. The Labute approximate surface area is 251 Å². The molecule has 1 heterocycles. The Balaban J connectivity index is 1.51. The summed E-state index contributed by atoms with van der Waals surface area (Å²) in [4.78, 5) is 54.8. The maximum Gasteiger partial charge on any atom is 0.247 e. The van der Waals surface area contributed by atoms with Crippen LogP contribution in [0.25, 0.3) is 0 Å². The number of amides is 3. The SMILES string of the molecule is CCc1c(NC(=O)[C@H](CCN)NC(=O)[C@@H]2Cc3ccccc3CN2C(=O)CCC(=O)c2ccccc2)ccc(Cl)c1C. The average Bonchev–Trinajstić information content (AvgIpc) is 3.01. The van der Waals surface area contributed by atoms with Gasteiger partial charge in [-0.2, -0.15) is 0 Å². The van der Waals surface area contributed by atoms with Gasteiger partial charge in [0.25, 0.3) is 0 Å². The smallest absolute Gasteiger partial charge is 0.247 e. The Morgan fingerprint density at radius 3 is 2.36 bits per heavy atom. The van der Waals surface area contributed by atoms with Gasteiger partial charge in [0.2, 0.25) is 17.7 Å². The predicted molar refractivity (Wildman–Crippen MR) is 164 cm³/mol. The summed E-state index contributed by atoms with van der Waals surface area (Å²) in [7, 11) is 0. The van der Waals surface area contributed by atoms with E-state index in [9.17, 15) is 19.2 Å². The number of carbonyl (C=O) groups excluding carboxylic acids is 4. The fourth-order valence-corrected chi connectivity index (χ4v) is 5.55. The molecular weight excluding hydrogens is 552 g/mol. The van der Waals surface area contributed by atoms with Crippen LogP contribution in [0.1, 0.15) is 58.8 Å². The van der Waals surface area contributed by atoms with Gasteiger partial charge in [0, 0.05) is 42.1 Å². The fourth-order valence-electron chi connectivity index (χ4n) is 5.38. The van der Waals surface area contributed by atoms with Crippen molar-refractivity contribution >= 4 is 40.8 Å². The van der Waals surface area contributed by atoms with Crippen molar-refractivity contribution < 1.29 is 19.2 Å². The van der Waals surface area contributed by atoms with Crippen molar-refractivity contribution in [3.8, 4) is 0 Å². The van der Waals surface area contributed by atoms with E-state index in [4.69, 9.17) is 17.3 Å². The molecule has 3 aromatic carbocycles. The number of hydrogen-bond acceptors (Lipinski definition) is 5. The highest BCUT2D eigenvalue weighted by Gasteiger charge is 2.36. The van der Waals surface area contributed by atoms with E-state index in [1.807, 2.05) is 44.2 Å². The van der Waals surface area contributed by atoms with Crippen LogP contribution >= 0.6 is 11.6 Å². The van der Waals surface area contributed by atoms with Gasteiger partial charge >= 0.3 is 0 Å². The molecule has 2 atom stereocenters.